The van der Waals surface area contributed by atoms with Gasteiger partial charge in [0.1, 0.15) is 5.82 Å². The van der Waals surface area contributed by atoms with Crippen LogP contribution in [-0.4, -0.2) is 55.1 Å². The number of rotatable bonds is 10. The van der Waals surface area contributed by atoms with Gasteiger partial charge in [0.05, 0.1) is 5.57 Å². The number of fused-ring (bicyclic) bond motifs is 1. The highest BCUT2D eigenvalue weighted by Gasteiger charge is 2.26. The van der Waals surface area contributed by atoms with Gasteiger partial charge in [0, 0.05) is 41.8 Å². The van der Waals surface area contributed by atoms with Gasteiger partial charge in [-0.15, -0.1) is 0 Å². The third-order valence-electron chi connectivity index (χ3n) is 6.39. The van der Waals surface area contributed by atoms with E-state index in [0.717, 1.165) is 49.2 Å². The number of nitrogens with zero attached hydrogens (tertiary/aromatic N) is 1. The van der Waals surface area contributed by atoms with Crippen LogP contribution in [0.4, 0.5) is 10.1 Å². The average molecular weight is 473 g/mol. The summed E-state index contributed by atoms with van der Waals surface area (Å²) in [7, 11) is -2.03. The van der Waals surface area contributed by atoms with Crippen molar-refractivity contribution in [3.05, 3.63) is 52.1 Å². The first-order valence-corrected chi connectivity index (χ1v) is 14.9. The van der Waals surface area contributed by atoms with Crippen LogP contribution in [-0.2, 0) is 4.79 Å². The van der Waals surface area contributed by atoms with Crippen molar-refractivity contribution >= 4 is 31.6 Å². The van der Waals surface area contributed by atoms with Crippen molar-refractivity contribution in [1.82, 2.24) is 15.2 Å². The van der Waals surface area contributed by atoms with E-state index in [1.165, 1.54) is 17.7 Å². The molecular formula is C25H37FN4O2Si. The zero-order chi connectivity index (χ0) is 24.3. The van der Waals surface area contributed by atoms with E-state index in [4.69, 9.17) is 0 Å². The van der Waals surface area contributed by atoms with Crippen molar-refractivity contribution < 1.29 is 14.0 Å². The Bertz CT molecular complexity index is 1040. The number of carbonyl (C=O) groups excluding carboxylic acids is 1. The average Bonchev–Trinajstić information content (AvgIpc) is 3.19. The first-order chi connectivity index (χ1) is 15.5. The fourth-order valence-corrected chi connectivity index (χ4v) is 5.30. The number of halogens is 1. The Morgan fingerprint density at radius 2 is 2.00 bits per heavy atom. The van der Waals surface area contributed by atoms with Crippen LogP contribution in [0.15, 0.2) is 18.2 Å². The summed E-state index contributed by atoms with van der Waals surface area (Å²) in [5.41, 5.74) is 5.88. The third kappa shape index (κ3) is 6.20. The molecule has 0 spiro atoms. The maximum atomic E-state index is 13.8. The molecule has 1 aliphatic rings. The molecule has 0 bridgehead atoms. The Balaban J connectivity index is 1.70. The summed E-state index contributed by atoms with van der Waals surface area (Å²) in [5.74, 6) is -0.580. The number of hydrogen-bond acceptors (Lipinski definition) is 4. The molecule has 1 unspecified atom stereocenters. The van der Waals surface area contributed by atoms with Gasteiger partial charge in [-0.3, -0.25) is 4.79 Å². The molecule has 1 atom stereocenters. The van der Waals surface area contributed by atoms with Gasteiger partial charge in [0.15, 0.2) is 8.32 Å². The van der Waals surface area contributed by atoms with Gasteiger partial charge in [0.25, 0.3) is 5.91 Å². The van der Waals surface area contributed by atoms with E-state index in [1.54, 1.807) is 6.07 Å². The second-order valence-corrected chi connectivity index (χ2v) is 13.7. The molecule has 0 aliphatic carbocycles. The summed E-state index contributed by atoms with van der Waals surface area (Å²) in [5, 5.41) is 6.42. The Morgan fingerprint density at radius 1 is 1.27 bits per heavy atom. The molecule has 33 heavy (non-hydrogen) atoms. The lowest BCUT2D eigenvalue weighted by Crippen LogP contribution is -2.37. The molecule has 0 radical (unpaired) electrons. The number of anilines is 1. The van der Waals surface area contributed by atoms with Gasteiger partial charge in [-0.05, 0) is 88.4 Å². The number of aryl methyl sites for hydroxylation is 1. The lowest BCUT2D eigenvalue weighted by atomic mass is 10.0. The van der Waals surface area contributed by atoms with Gasteiger partial charge >= 0.3 is 0 Å². The largest absolute Gasteiger partial charge is 0.432 e. The minimum Gasteiger partial charge on any atom is -0.432 e. The van der Waals surface area contributed by atoms with E-state index < -0.39 is 8.32 Å². The van der Waals surface area contributed by atoms with Crippen LogP contribution in [0.1, 0.15) is 48.0 Å². The lowest BCUT2D eigenvalue weighted by molar-refractivity contribution is -0.110. The van der Waals surface area contributed by atoms with Crippen LogP contribution in [0.3, 0.4) is 0 Å². The molecule has 2 aromatic rings. The SMILES string of the molecule is CCN(CCNC(C)c1c(C)[nH]c(/C=C2\C(=O)Nc3ccc(F)cc32)c1C)CC[Si](C)(C)O. The van der Waals surface area contributed by atoms with Crippen LogP contribution in [0.25, 0.3) is 11.6 Å². The number of amides is 1. The molecule has 8 heteroatoms. The number of hydrogen-bond donors (Lipinski definition) is 4. The summed E-state index contributed by atoms with van der Waals surface area (Å²) in [6, 6.07) is 5.36. The number of carbonyl (C=O) groups is 1. The van der Waals surface area contributed by atoms with E-state index in [0.29, 0.717) is 16.8 Å². The third-order valence-corrected chi connectivity index (χ3v) is 7.83. The van der Waals surface area contributed by atoms with Crippen LogP contribution in [0, 0.1) is 19.7 Å². The fraction of sp³-hybridized carbons (Fsp3) is 0.480. The molecule has 4 N–H and O–H groups in total. The van der Waals surface area contributed by atoms with E-state index in [2.05, 4.69) is 41.3 Å². The van der Waals surface area contributed by atoms with Crippen molar-refractivity contribution in [3.63, 3.8) is 0 Å². The van der Waals surface area contributed by atoms with Crippen molar-refractivity contribution in [2.75, 3.05) is 31.5 Å². The lowest BCUT2D eigenvalue weighted by Gasteiger charge is -2.25. The number of aromatic amines is 1. The molecular weight excluding hydrogens is 435 g/mol. The molecule has 1 aliphatic heterocycles. The van der Waals surface area contributed by atoms with Gasteiger partial charge in [-0.2, -0.15) is 0 Å². The second-order valence-electron chi connectivity index (χ2n) is 9.58. The number of likely N-dealkylation sites (N-methyl/N-ethyl adjacent to an activating group) is 1. The summed E-state index contributed by atoms with van der Waals surface area (Å²) in [4.78, 5) is 28.4. The molecule has 1 aromatic carbocycles. The quantitative estimate of drug-likeness (QED) is 0.305. The Labute approximate surface area is 197 Å². The number of aromatic nitrogens is 1. The van der Waals surface area contributed by atoms with Crippen molar-refractivity contribution in [2.45, 2.75) is 52.9 Å². The predicted molar refractivity (Wildman–Crippen MR) is 136 cm³/mol. The maximum Gasteiger partial charge on any atom is 0.256 e. The van der Waals surface area contributed by atoms with Gasteiger partial charge in [-0.25, -0.2) is 4.39 Å². The Morgan fingerprint density at radius 3 is 2.67 bits per heavy atom. The summed E-state index contributed by atoms with van der Waals surface area (Å²) >= 11 is 0. The van der Waals surface area contributed by atoms with E-state index in [-0.39, 0.29) is 17.8 Å². The van der Waals surface area contributed by atoms with Crippen molar-refractivity contribution in [3.8, 4) is 0 Å². The highest BCUT2D eigenvalue weighted by Crippen LogP contribution is 2.35. The summed E-state index contributed by atoms with van der Waals surface area (Å²) in [6.07, 6.45) is 1.82. The van der Waals surface area contributed by atoms with Crippen LogP contribution in [0.2, 0.25) is 19.1 Å². The van der Waals surface area contributed by atoms with Crippen LogP contribution in [0.5, 0.6) is 0 Å². The number of benzene rings is 1. The molecule has 2 heterocycles. The Kier molecular flexibility index (Phi) is 7.95. The summed E-state index contributed by atoms with van der Waals surface area (Å²) < 4.78 is 13.8. The second kappa shape index (κ2) is 10.3. The molecule has 0 saturated heterocycles. The topological polar surface area (TPSA) is 80.4 Å². The van der Waals surface area contributed by atoms with E-state index >= 15 is 0 Å². The fourth-order valence-electron chi connectivity index (χ4n) is 4.43. The molecule has 1 aromatic heterocycles. The molecule has 180 valence electrons. The highest BCUT2D eigenvalue weighted by atomic mass is 28.4. The normalized spacial score (nSPS) is 15.9. The number of nitrogens with one attached hydrogen (secondary N) is 3. The molecule has 1 amide bonds. The van der Waals surface area contributed by atoms with Crippen LogP contribution < -0.4 is 10.6 Å². The zero-order valence-electron chi connectivity index (χ0n) is 20.6. The van der Waals surface area contributed by atoms with Gasteiger partial charge in [0.2, 0.25) is 0 Å². The van der Waals surface area contributed by atoms with Crippen molar-refractivity contribution in [2.24, 2.45) is 0 Å². The van der Waals surface area contributed by atoms with Gasteiger partial charge < -0.3 is 25.3 Å². The summed E-state index contributed by atoms with van der Waals surface area (Å²) in [6.45, 7) is 16.0. The Hall–Kier alpha value is -2.26. The minimum absolute atomic E-state index is 0.137. The van der Waals surface area contributed by atoms with Crippen LogP contribution >= 0.6 is 0 Å². The molecule has 0 fully saturated rings. The number of H-pyrrole nitrogens is 1. The molecule has 0 saturated carbocycles. The van der Waals surface area contributed by atoms with E-state index in [1.807, 2.05) is 26.1 Å². The first kappa shape index (κ1) is 25.4. The maximum absolute atomic E-state index is 13.8. The minimum atomic E-state index is -2.03. The first-order valence-electron chi connectivity index (χ1n) is 11.7. The van der Waals surface area contributed by atoms with Crippen molar-refractivity contribution in [1.29, 1.82) is 0 Å². The highest BCUT2D eigenvalue weighted by molar-refractivity contribution is 6.69. The van der Waals surface area contributed by atoms with Gasteiger partial charge in [-0.1, -0.05) is 6.92 Å². The zero-order valence-corrected chi connectivity index (χ0v) is 21.6. The smallest absolute Gasteiger partial charge is 0.256 e. The standard InChI is InChI=1S/C25H37FN4O2Si/c1-7-30(12-13-33(5,6)32)11-10-27-17(3)24-16(2)23(28-18(24)4)15-21-20-14-19(26)8-9-22(20)29-25(21)31/h8-9,14-15,17,27-28,32H,7,10-13H2,1-6H3,(H,29,31)/b21-15-. The van der Waals surface area contributed by atoms with E-state index in [9.17, 15) is 14.0 Å². The molecule has 6 nitrogen and oxygen atoms in total. The molecule has 3 rings (SSSR count). The monoisotopic (exact) mass is 472 g/mol. The predicted octanol–water partition coefficient (Wildman–Crippen LogP) is 4.43.